The first-order chi connectivity index (χ1) is 13.2. The highest BCUT2D eigenvalue weighted by Crippen LogP contribution is 2.24. The first-order valence-electron chi connectivity index (χ1n) is 9.91. The van der Waals surface area contributed by atoms with Gasteiger partial charge in [0.15, 0.2) is 0 Å². The monoisotopic (exact) mass is 371 g/mol. The number of amides is 3. The lowest BCUT2D eigenvalue weighted by atomic mass is 9.97. The molecule has 1 aromatic rings. The largest absolute Gasteiger partial charge is 0.494 e. The van der Waals surface area contributed by atoms with E-state index in [1.807, 2.05) is 31.2 Å². The van der Waals surface area contributed by atoms with Gasteiger partial charge in [-0.3, -0.25) is 4.79 Å². The number of hydrogen-bond acceptors (Lipinski definition) is 3. The molecule has 1 aliphatic carbocycles. The van der Waals surface area contributed by atoms with Crippen molar-refractivity contribution in [2.45, 2.75) is 51.5 Å². The summed E-state index contributed by atoms with van der Waals surface area (Å²) in [7, 11) is 0. The van der Waals surface area contributed by atoms with Crippen molar-refractivity contribution in [2.24, 2.45) is 0 Å². The smallest absolute Gasteiger partial charge is 0.315 e. The molecule has 3 amide bonds. The molecule has 27 heavy (non-hydrogen) atoms. The summed E-state index contributed by atoms with van der Waals surface area (Å²) >= 11 is 0. The topological polar surface area (TPSA) is 70.7 Å². The summed E-state index contributed by atoms with van der Waals surface area (Å²) in [5, 5.41) is 5.83. The maximum atomic E-state index is 12.3. The summed E-state index contributed by atoms with van der Waals surface area (Å²) in [6, 6.07) is 7.11. The van der Waals surface area contributed by atoms with Crippen molar-refractivity contribution in [1.29, 1.82) is 0 Å². The molecule has 1 saturated heterocycles. The molecule has 6 nitrogen and oxygen atoms in total. The van der Waals surface area contributed by atoms with E-state index in [0.717, 1.165) is 30.7 Å². The van der Waals surface area contributed by atoms with Crippen LogP contribution in [0.2, 0.25) is 0 Å². The van der Waals surface area contributed by atoms with Crippen LogP contribution in [0.5, 0.6) is 5.75 Å². The van der Waals surface area contributed by atoms with Gasteiger partial charge in [-0.2, -0.15) is 0 Å². The highest BCUT2D eigenvalue weighted by molar-refractivity contribution is 5.96. The number of nitrogens with one attached hydrogen (secondary N) is 2. The van der Waals surface area contributed by atoms with Gasteiger partial charge >= 0.3 is 6.03 Å². The van der Waals surface area contributed by atoms with Gasteiger partial charge in [0.2, 0.25) is 5.91 Å². The van der Waals surface area contributed by atoms with E-state index < -0.39 is 0 Å². The molecule has 0 bridgehead atoms. The fraction of sp³-hybridized carbons (Fsp3) is 0.524. The molecule has 1 heterocycles. The van der Waals surface area contributed by atoms with Crippen LogP contribution in [0.3, 0.4) is 0 Å². The Morgan fingerprint density at radius 2 is 2.07 bits per heavy atom. The van der Waals surface area contributed by atoms with Crippen molar-refractivity contribution in [2.75, 3.05) is 24.6 Å². The molecule has 0 saturated carbocycles. The van der Waals surface area contributed by atoms with E-state index in [1.54, 1.807) is 4.90 Å². The first-order valence-corrected chi connectivity index (χ1v) is 9.91. The van der Waals surface area contributed by atoms with E-state index >= 15 is 0 Å². The number of hydrogen-bond donors (Lipinski definition) is 2. The predicted octanol–water partition coefficient (Wildman–Crippen LogP) is 3.38. The van der Waals surface area contributed by atoms with Gasteiger partial charge in [0.1, 0.15) is 5.75 Å². The van der Waals surface area contributed by atoms with Crippen LogP contribution in [0.15, 0.2) is 35.9 Å². The fourth-order valence-electron chi connectivity index (χ4n) is 3.65. The maximum Gasteiger partial charge on any atom is 0.315 e. The van der Waals surface area contributed by atoms with Crippen LogP contribution >= 0.6 is 0 Å². The summed E-state index contributed by atoms with van der Waals surface area (Å²) < 4.78 is 5.43. The Morgan fingerprint density at radius 3 is 2.78 bits per heavy atom. The second-order valence-corrected chi connectivity index (χ2v) is 7.09. The molecule has 2 N–H and O–H groups in total. The standard InChI is InChI=1S/C21H29N3O3/c1-2-27-19-10-8-18(9-11-19)24-15-17(14-20(24)25)23-21(26)22-13-12-16-6-4-3-5-7-16/h6,8-11,17H,2-5,7,12-15H2,1H3,(H2,22,23,26)/t17-/m1/s1. The molecule has 0 radical (unpaired) electrons. The lowest BCUT2D eigenvalue weighted by molar-refractivity contribution is -0.117. The molecule has 0 unspecified atom stereocenters. The Bertz CT molecular complexity index is 684. The van der Waals surface area contributed by atoms with Gasteiger partial charge < -0.3 is 20.3 Å². The number of ether oxygens (including phenoxy) is 1. The number of carbonyl (C=O) groups excluding carboxylic acids is 2. The number of anilines is 1. The zero-order chi connectivity index (χ0) is 19.1. The maximum absolute atomic E-state index is 12.3. The van der Waals surface area contributed by atoms with Crippen molar-refractivity contribution < 1.29 is 14.3 Å². The van der Waals surface area contributed by atoms with E-state index in [9.17, 15) is 9.59 Å². The number of benzene rings is 1. The normalized spacial score (nSPS) is 19.6. The number of nitrogens with zero attached hydrogens (tertiary/aromatic N) is 1. The van der Waals surface area contributed by atoms with Gasteiger partial charge in [-0.05, 0) is 63.3 Å². The quantitative estimate of drug-likeness (QED) is 0.722. The highest BCUT2D eigenvalue weighted by Gasteiger charge is 2.31. The zero-order valence-corrected chi connectivity index (χ0v) is 16.0. The van der Waals surface area contributed by atoms with Crippen LogP contribution in [0.4, 0.5) is 10.5 Å². The van der Waals surface area contributed by atoms with Gasteiger partial charge in [-0.15, -0.1) is 0 Å². The minimum absolute atomic E-state index is 0.0248. The molecular formula is C21H29N3O3. The highest BCUT2D eigenvalue weighted by atomic mass is 16.5. The predicted molar refractivity (Wildman–Crippen MR) is 106 cm³/mol. The van der Waals surface area contributed by atoms with Gasteiger partial charge in [-0.1, -0.05) is 11.6 Å². The number of rotatable bonds is 7. The third-order valence-electron chi connectivity index (χ3n) is 5.04. The number of carbonyl (C=O) groups is 2. The summed E-state index contributed by atoms with van der Waals surface area (Å²) in [5.74, 6) is 0.812. The Hall–Kier alpha value is -2.50. The van der Waals surface area contributed by atoms with Gasteiger partial charge in [0, 0.05) is 25.2 Å². The van der Waals surface area contributed by atoms with E-state index in [0.29, 0.717) is 26.1 Å². The van der Waals surface area contributed by atoms with Crippen molar-refractivity contribution in [3.63, 3.8) is 0 Å². The van der Waals surface area contributed by atoms with Gasteiger partial charge in [0.25, 0.3) is 0 Å². The number of allylic oxidation sites excluding steroid dienone is 1. The van der Waals surface area contributed by atoms with E-state index in [1.165, 1.54) is 18.4 Å². The van der Waals surface area contributed by atoms with Crippen LogP contribution in [-0.4, -0.2) is 37.7 Å². The van der Waals surface area contributed by atoms with Crippen molar-refractivity contribution in [1.82, 2.24) is 10.6 Å². The molecule has 1 aromatic carbocycles. The van der Waals surface area contributed by atoms with Crippen molar-refractivity contribution in [3.8, 4) is 5.75 Å². The Labute approximate surface area is 161 Å². The summed E-state index contributed by atoms with van der Waals surface area (Å²) in [5.41, 5.74) is 2.27. The Kier molecular flexibility index (Phi) is 6.74. The third kappa shape index (κ3) is 5.49. The molecule has 146 valence electrons. The lowest BCUT2D eigenvalue weighted by Crippen LogP contribution is -2.43. The third-order valence-corrected chi connectivity index (χ3v) is 5.04. The van der Waals surface area contributed by atoms with Gasteiger partial charge in [-0.25, -0.2) is 4.79 Å². The SMILES string of the molecule is CCOc1ccc(N2C[C@H](NC(=O)NCCC3=CCCCC3)CC2=O)cc1. The molecule has 2 aliphatic rings. The molecule has 6 heteroatoms. The molecule has 1 fully saturated rings. The van der Waals surface area contributed by atoms with Crippen molar-refractivity contribution >= 4 is 17.6 Å². The summed E-state index contributed by atoms with van der Waals surface area (Å²) in [4.78, 5) is 26.1. The molecule has 0 aromatic heterocycles. The molecule has 1 aliphatic heterocycles. The average Bonchev–Trinajstić information content (AvgIpc) is 3.03. The Morgan fingerprint density at radius 1 is 1.26 bits per heavy atom. The summed E-state index contributed by atoms with van der Waals surface area (Å²) in [6.45, 7) is 3.68. The van der Waals surface area contributed by atoms with E-state index in [2.05, 4.69) is 16.7 Å². The van der Waals surface area contributed by atoms with E-state index in [4.69, 9.17) is 4.74 Å². The van der Waals surface area contributed by atoms with Crippen molar-refractivity contribution in [3.05, 3.63) is 35.9 Å². The zero-order valence-electron chi connectivity index (χ0n) is 16.0. The minimum Gasteiger partial charge on any atom is -0.494 e. The van der Waals surface area contributed by atoms with Crippen LogP contribution < -0.4 is 20.3 Å². The number of urea groups is 1. The second-order valence-electron chi connectivity index (χ2n) is 7.09. The Balaban J connectivity index is 1.44. The fourth-order valence-corrected chi connectivity index (χ4v) is 3.65. The van der Waals surface area contributed by atoms with Crippen LogP contribution in [0.1, 0.15) is 45.4 Å². The van der Waals surface area contributed by atoms with E-state index in [-0.39, 0.29) is 18.0 Å². The second kappa shape index (κ2) is 9.44. The minimum atomic E-state index is -0.197. The summed E-state index contributed by atoms with van der Waals surface area (Å²) in [6.07, 6.45) is 8.38. The molecular weight excluding hydrogens is 342 g/mol. The lowest BCUT2D eigenvalue weighted by Gasteiger charge is -2.18. The molecule has 1 atom stereocenters. The molecule has 0 spiro atoms. The van der Waals surface area contributed by atoms with Crippen LogP contribution in [-0.2, 0) is 4.79 Å². The van der Waals surface area contributed by atoms with Crippen LogP contribution in [0.25, 0.3) is 0 Å². The average molecular weight is 371 g/mol. The molecule has 3 rings (SSSR count). The van der Waals surface area contributed by atoms with Crippen LogP contribution in [0, 0.1) is 0 Å². The first kappa shape index (κ1) is 19.3. The van der Waals surface area contributed by atoms with Gasteiger partial charge in [0.05, 0.1) is 12.6 Å².